The van der Waals surface area contributed by atoms with Crippen molar-refractivity contribution in [3.63, 3.8) is 0 Å². The first-order valence-corrected chi connectivity index (χ1v) is 8.77. The smallest absolute Gasteiger partial charge is 0.317 e. The zero-order valence-corrected chi connectivity index (χ0v) is 13.1. The maximum Gasteiger partial charge on any atom is 0.317 e. The van der Waals surface area contributed by atoms with Crippen LogP contribution >= 0.6 is 0 Å². The average molecular weight is 325 g/mol. The molecule has 0 aromatic heterocycles. The fourth-order valence-corrected chi connectivity index (χ4v) is 2.95. The van der Waals surface area contributed by atoms with E-state index in [1.807, 2.05) is 0 Å². The van der Waals surface area contributed by atoms with E-state index in [0.717, 1.165) is 11.8 Å². The fourth-order valence-electron chi connectivity index (χ4n) is 2.32. The summed E-state index contributed by atoms with van der Waals surface area (Å²) in [5, 5.41) is 2.74. The van der Waals surface area contributed by atoms with Crippen LogP contribution in [0.25, 0.3) is 0 Å². The van der Waals surface area contributed by atoms with E-state index in [0.29, 0.717) is 26.1 Å². The highest BCUT2D eigenvalue weighted by atomic mass is 32.2. The number of likely N-dealkylation sites (tertiary alicyclic amines) is 1. The van der Waals surface area contributed by atoms with Gasteiger partial charge in [0.05, 0.1) is 10.8 Å². The van der Waals surface area contributed by atoms with Gasteiger partial charge < -0.3 is 16.0 Å². The zero-order chi connectivity index (χ0) is 16.3. The summed E-state index contributed by atoms with van der Waals surface area (Å²) in [7, 11) is -3.22. The van der Waals surface area contributed by atoms with Gasteiger partial charge in [-0.2, -0.15) is 0 Å². The van der Waals surface area contributed by atoms with Gasteiger partial charge >= 0.3 is 6.03 Å². The second-order valence-electron chi connectivity index (χ2n) is 5.41. The van der Waals surface area contributed by atoms with Crippen molar-refractivity contribution in [3.8, 4) is 0 Å². The average Bonchev–Trinajstić information content (AvgIpc) is 2.94. The first-order chi connectivity index (χ1) is 10.3. The van der Waals surface area contributed by atoms with Crippen LogP contribution in [0, 0.1) is 5.92 Å². The number of carbonyl (C=O) groups is 2. The molecule has 0 saturated carbocycles. The molecule has 1 atom stereocenters. The fraction of sp³-hybridized carbons (Fsp3) is 0.429. The van der Waals surface area contributed by atoms with Gasteiger partial charge in [-0.15, -0.1) is 0 Å². The molecule has 1 aromatic rings. The standard InChI is InChI=1S/C14H19N3O4S/c1-22(20,21)12-4-2-10(3-5-12)8-16-14(19)17-7-6-11(9-17)13(15)18/h2-5,11H,6-9H2,1H3,(H2,15,18)(H,16,19)/t11-/m0/s1. The lowest BCUT2D eigenvalue weighted by Crippen LogP contribution is -2.39. The van der Waals surface area contributed by atoms with Crippen LogP contribution < -0.4 is 11.1 Å². The molecular formula is C14H19N3O4S. The molecule has 0 radical (unpaired) electrons. The summed E-state index contributed by atoms with van der Waals surface area (Å²) >= 11 is 0. The lowest BCUT2D eigenvalue weighted by atomic mass is 10.1. The SMILES string of the molecule is CS(=O)(=O)c1ccc(CNC(=O)N2CC[C@H](C(N)=O)C2)cc1. The number of urea groups is 1. The van der Waals surface area contributed by atoms with Gasteiger partial charge in [0.1, 0.15) is 0 Å². The topological polar surface area (TPSA) is 110 Å². The minimum Gasteiger partial charge on any atom is -0.369 e. The Bertz CT molecular complexity index is 670. The number of hydrogen-bond acceptors (Lipinski definition) is 4. The molecule has 1 saturated heterocycles. The summed E-state index contributed by atoms with van der Waals surface area (Å²) in [6.07, 6.45) is 1.73. The lowest BCUT2D eigenvalue weighted by molar-refractivity contribution is -0.121. The Kier molecular flexibility index (Phi) is 4.70. The molecular weight excluding hydrogens is 306 g/mol. The Morgan fingerprint density at radius 1 is 1.32 bits per heavy atom. The van der Waals surface area contributed by atoms with Crippen LogP contribution in [0.1, 0.15) is 12.0 Å². The van der Waals surface area contributed by atoms with Crippen molar-refractivity contribution in [2.24, 2.45) is 11.7 Å². The van der Waals surface area contributed by atoms with E-state index in [1.54, 1.807) is 17.0 Å². The number of rotatable bonds is 4. The summed E-state index contributed by atoms with van der Waals surface area (Å²) in [5.74, 6) is -0.661. The van der Waals surface area contributed by atoms with E-state index in [2.05, 4.69) is 5.32 Å². The number of amides is 3. The van der Waals surface area contributed by atoms with Crippen LogP contribution in [0.15, 0.2) is 29.2 Å². The number of benzene rings is 1. The molecule has 1 aliphatic rings. The van der Waals surface area contributed by atoms with Gasteiger partial charge in [-0.05, 0) is 24.1 Å². The highest BCUT2D eigenvalue weighted by molar-refractivity contribution is 7.90. The maximum absolute atomic E-state index is 12.0. The summed E-state index contributed by atoms with van der Waals surface area (Å²) in [6.45, 7) is 1.14. The van der Waals surface area contributed by atoms with Gasteiger partial charge in [0.2, 0.25) is 5.91 Å². The first-order valence-electron chi connectivity index (χ1n) is 6.88. The summed E-state index contributed by atoms with van der Waals surface area (Å²) in [6, 6.07) is 6.08. The van der Waals surface area contributed by atoms with Crippen LogP contribution in [-0.4, -0.2) is 44.6 Å². The molecule has 1 fully saturated rings. The highest BCUT2D eigenvalue weighted by Crippen LogP contribution is 2.16. The monoisotopic (exact) mass is 325 g/mol. The van der Waals surface area contributed by atoms with Crippen LogP contribution in [0.3, 0.4) is 0 Å². The predicted molar refractivity (Wildman–Crippen MR) is 80.7 cm³/mol. The van der Waals surface area contributed by atoms with Gasteiger partial charge in [-0.25, -0.2) is 13.2 Å². The van der Waals surface area contributed by atoms with Crippen molar-refractivity contribution in [1.82, 2.24) is 10.2 Å². The van der Waals surface area contributed by atoms with Crippen molar-refractivity contribution in [2.45, 2.75) is 17.9 Å². The Balaban J connectivity index is 1.88. The predicted octanol–water partition coefficient (Wildman–Crippen LogP) is 0.107. The molecule has 0 unspecified atom stereocenters. The number of nitrogens with two attached hydrogens (primary N) is 1. The normalized spacial score (nSPS) is 18.2. The summed E-state index contributed by atoms with van der Waals surface area (Å²) < 4.78 is 22.7. The van der Waals surface area contributed by atoms with Crippen molar-refractivity contribution in [1.29, 1.82) is 0 Å². The van der Waals surface area contributed by atoms with E-state index in [1.165, 1.54) is 12.1 Å². The van der Waals surface area contributed by atoms with Crippen molar-refractivity contribution >= 4 is 21.8 Å². The van der Waals surface area contributed by atoms with Crippen LogP contribution in [-0.2, 0) is 21.2 Å². The molecule has 0 bridgehead atoms. The summed E-state index contributed by atoms with van der Waals surface area (Å²) in [5.41, 5.74) is 6.03. The maximum atomic E-state index is 12.0. The molecule has 0 spiro atoms. The first kappa shape index (κ1) is 16.3. The molecule has 3 amide bonds. The van der Waals surface area contributed by atoms with Crippen molar-refractivity contribution < 1.29 is 18.0 Å². The van der Waals surface area contributed by atoms with Gasteiger partial charge in [0.15, 0.2) is 9.84 Å². The molecule has 3 N–H and O–H groups in total. The largest absolute Gasteiger partial charge is 0.369 e. The van der Waals surface area contributed by atoms with Crippen LogP contribution in [0.2, 0.25) is 0 Å². The van der Waals surface area contributed by atoms with Gasteiger partial charge in [-0.3, -0.25) is 4.79 Å². The van der Waals surface area contributed by atoms with Gasteiger partial charge in [0, 0.05) is 25.9 Å². The van der Waals surface area contributed by atoms with Crippen molar-refractivity contribution in [3.05, 3.63) is 29.8 Å². The number of primary amides is 1. The van der Waals surface area contributed by atoms with Gasteiger partial charge in [-0.1, -0.05) is 12.1 Å². The number of nitrogens with zero attached hydrogens (tertiary/aromatic N) is 1. The van der Waals surface area contributed by atoms with E-state index in [9.17, 15) is 18.0 Å². The molecule has 120 valence electrons. The van der Waals surface area contributed by atoms with Crippen LogP contribution in [0.5, 0.6) is 0 Å². The lowest BCUT2D eigenvalue weighted by Gasteiger charge is -2.17. The van der Waals surface area contributed by atoms with E-state index < -0.39 is 9.84 Å². The third kappa shape index (κ3) is 3.97. The Morgan fingerprint density at radius 2 is 1.95 bits per heavy atom. The number of hydrogen-bond donors (Lipinski definition) is 2. The second kappa shape index (κ2) is 6.35. The minimum absolute atomic E-state index is 0.242. The molecule has 1 aliphatic heterocycles. The zero-order valence-electron chi connectivity index (χ0n) is 12.3. The summed E-state index contributed by atoms with van der Waals surface area (Å²) in [4.78, 5) is 24.9. The Morgan fingerprint density at radius 3 is 2.45 bits per heavy atom. The molecule has 1 aromatic carbocycles. The van der Waals surface area contributed by atoms with E-state index >= 15 is 0 Å². The molecule has 22 heavy (non-hydrogen) atoms. The third-order valence-electron chi connectivity index (χ3n) is 3.67. The number of sulfone groups is 1. The Hall–Kier alpha value is -2.09. The molecule has 1 heterocycles. The Labute approximate surface area is 129 Å². The third-order valence-corrected chi connectivity index (χ3v) is 4.80. The minimum atomic E-state index is -3.22. The molecule has 2 rings (SSSR count). The van der Waals surface area contributed by atoms with Crippen molar-refractivity contribution in [2.75, 3.05) is 19.3 Å². The van der Waals surface area contributed by atoms with E-state index in [4.69, 9.17) is 5.73 Å². The molecule has 0 aliphatic carbocycles. The molecule has 8 heteroatoms. The van der Waals surface area contributed by atoms with Gasteiger partial charge in [0.25, 0.3) is 0 Å². The highest BCUT2D eigenvalue weighted by Gasteiger charge is 2.29. The molecule has 7 nitrogen and oxygen atoms in total. The quantitative estimate of drug-likeness (QED) is 0.818. The van der Waals surface area contributed by atoms with Crippen LogP contribution in [0.4, 0.5) is 4.79 Å². The number of nitrogens with one attached hydrogen (secondary N) is 1. The van der Waals surface area contributed by atoms with E-state index in [-0.39, 0.29) is 22.8 Å². The number of carbonyl (C=O) groups excluding carboxylic acids is 2. The second-order valence-corrected chi connectivity index (χ2v) is 7.42.